The maximum atomic E-state index is 12.7. The number of benzene rings is 1. The summed E-state index contributed by atoms with van der Waals surface area (Å²) in [5, 5.41) is 10.8. The lowest BCUT2D eigenvalue weighted by atomic mass is 9.55. The molecule has 4 heteroatoms. The zero-order valence-electron chi connectivity index (χ0n) is 13.6. The van der Waals surface area contributed by atoms with Crippen LogP contribution in [0.2, 0.25) is 0 Å². The first-order valence-electron chi connectivity index (χ1n) is 9.11. The molecule has 0 aromatic heterocycles. The summed E-state index contributed by atoms with van der Waals surface area (Å²) in [6.45, 7) is 0. The number of esters is 1. The second-order valence-corrected chi connectivity index (χ2v) is 8.32. The van der Waals surface area contributed by atoms with Crippen molar-refractivity contribution >= 4 is 11.8 Å². The van der Waals surface area contributed by atoms with E-state index in [1.807, 2.05) is 6.07 Å². The third-order valence-electron chi connectivity index (χ3n) is 6.80. The van der Waals surface area contributed by atoms with Gasteiger partial charge in [0, 0.05) is 12.0 Å². The van der Waals surface area contributed by atoms with E-state index in [1.165, 1.54) is 6.42 Å². The van der Waals surface area contributed by atoms with E-state index in [4.69, 9.17) is 4.74 Å². The maximum absolute atomic E-state index is 12.7. The highest BCUT2D eigenvalue weighted by molar-refractivity contribution is 6.18. The molecule has 1 aromatic rings. The Bertz CT molecular complexity index is 696. The SMILES string of the molecule is O=C(OC1C2CC3CC(C2)CC1C3)[C@]1(O)Cc2ccccc2C1=O. The molecule has 5 aliphatic carbocycles. The Balaban J connectivity index is 1.37. The van der Waals surface area contributed by atoms with Gasteiger partial charge in [0.2, 0.25) is 11.4 Å². The van der Waals surface area contributed by atoms with E-state index in [2.05, 4.69) is 0 Å². The average Bonchev–Trinajstić information content (AvgIpc) is 2.83. The lowest BCUT2D eigenvalue weighted by Crippen LogP contribution is -2.54. The van der Waals surface area contributed by atoms with Crippen LogP contribution in [0.5, 0.6) is 0 Å². The van der Waals surface area contributed by atoms with Crippen LogP contribution in [0.3, 0.4) is 0 Å². The molecule has 0 saturated heterocycles. The molecule has 4 fully saturated rings. The second-order valence-electron chi connectivity index (χ2n) is 8.32. The van der Waals surface area contributed by atoms with Gasteiger partial charge in [0.1, 0.15) is 6.10 Å². The number of ketones is 1. The van der Waals surface area contributed by atoms with Crippen molar-refractivity contribution in [2.24, 2.45) is 23.7 Å². The number of aliphatic hydroxyl groups is 1. The van der Waals surface area contributed by atoms with Crippen LogP contribution in [0.1, 0.15) is 48.0 Å². The molecule has 4 nitrogen and oxygen atoms in total. The Morgan fingerprint density at radius 3 is 2.29 bits per heavy atom. The lowest BCUT2D eigenvalue weighted by molar-refractivity contribution is -0.185. The van der Waals surface area contributed by atoms with Crippen LogP contribution < -0.4 is 0 Å². The molecule has 1 atom stereocenters. The Kier molecular flexibility index (Phi) is 3.00. The molecule has 5 aliphatic rings. The zero-order valence-corrected chi connectivity index (χ0v) is 13.6. The van der Waals surface area contributed by atoms with Gasteiger partial charge < -0.3 is 9.84 Å². The average molecular weight is 326 g/mol. The summed E-state index contributed by atoms with van der Waals surface area (Å²) in [7, 11) is 0. The first-order chi connectivity index (χ1) is 11.5. The quantitative estimate of drug-likeness (QED) is 0.670. The van der Waals surface area contributed by atoms with E-state index in [-0.39, 0.29) is 12.5 Å². The van der Waals surface area contributed by atoms with E-state index in [0.29, 0.717) is 17.4 Å². The molecule has 1 N–H and O–H groups in total. The van der Waals surface area contributed by atoms with Crippen LogP contribution in [0.4, 0.5) is 0 Å². The third-order valence-corrected chi connectivity index (χ3v) is 6.80. The topological polar surface area (TPSA) is 63.6 Å². The highest BCUT2D eigenvalue weighted by Gasteiger charge is 2.55. The Morgan fingerprint density at radius 2 is 1.67 bits per heavy atom. The summed E-state index contributed by atoms with van der Waals surface area (Å²) < 4.78 is 5.81. The summed E-state index contributed by atoms with van der Waals surface area (Å²) in [5.74, 6) is 1.19. The van der Waals surface area contributed by atoms with Crippen molar-refractivity contribution in [3.05, 3.63) is 35.4 Å². The van der Waals surface area contributed by atoms with E-state index in [0.717, 1.165) is 43.1 Å². The Hall–Kier alpha value is -1.68. The number of Topliss-reactive ketones (excluding diaryl/α,β-unsaturated/α-hetero) is 1. The van der Waals surface area contributed by atoms with Crippen LogP contribution in [0.25, 0.3) is 0 Å². The van der Waals surface area contributed by atoms with Crippen molar-refractivity contribution in [1.82, 2.24) is 0 Å². The maximum Gasteiger partial charge on any atom is 0.347 e. The molecule has 0 spiro atoms. The lowest BCUT2D eigenvalue weighted by Gasteiger charge is -2.53. The van der Waals surface area contributed by atoms with Crippen molar-refractivity contribution < 1.29 is 19.4 Å². The monoisotopic (exact) mass is 326 g/mol. The molecule has 0 amide bonds. The number of ether oxygens (including phenoxy) is 1. The Morgan fingerprint density at radius 1 is 1.04 bits per heavy atom. The summed E-state index contributed by atoms with van der Waals surface area (Å²) in [5.41, 5.74) is -0.854. The molecule has 1 aromatic carbocycles. The first-order valence-corrected chi connectivity index (χ1v) is 9.11. The van der Waals surface area contributed by atoms with Crippen molar-refractivity contribution in [3.63, 3.8) is 0 Å². The fourth-order valence-corrected chi connectivity index (χ4v) is 5.93. The van der Waals surface area contributed by atoms with Gasteiger partial charge in [-0.2, -0.15) is 0 Å². The normalized spacial score (nSPS) is 42.2. The highest BCUT2D eigenvalue weighted by atomic mass is 16.6. The molecular formula is C20H22O4. The highest BCUT2D eigenvalue weighted by Crippen LogP contribution is 2.55. The second kappa shape index (κ2) is 4.92. The van der Waals surface area contributed by atoms with Crippen LogP contribution in [-0.2, 0) is 16.0 Å². The van der Waals surface area contributed by atoms with Gasteiger partial charge in [-0.3, -0.25) is 4.79 Å². The molecule has 126 valence electrons. The number of carbonyl (C=O) groups excluding carboxylic acids is 2. The van der Waals surface area contributed by atoms with Gasteiger partial charge in [-0.25, -0.2) is 4.79 Å². The van der Waals surface area contributed by atoms with Gasteiger partial charge >= 0.3 is 5.97 Å². The van der Waals surface area contributed by atoms with Gasteiger partial charge in [-0.1, -0.05) is 24.3 Å². The molecule has 0 heterocycles. The molecule has 0 radical (unpaired) electrons. The summed E-state index contributed by atoms with van der Waals surface area (Å²) in [4.78, 5) is 25.3. The van der Waals surface area contributed by atoms with Crippen LogP contribution in [0, 0.1) is 23.7 Å². The predicted octanol–water partition coefficient (Wildman–Crippen LogP) is 2.52. The van der Waals surface area contributed by atoms with E-state index < -0.39 is 17.4 Å². The molecular weight excluding hydrogens is 304 g/mol. The largest absolute Gasteiger partial charge is 0.459 e. The number of hydrogen-bond donors (Lipinski definition) is 1. The van der Waals surface area contributed by atoms with Crippen molar-refractivity contribution in [2.75, 3.05) is 0 Å². The minimum Gasteiger partial charge on any atom is -0.459 e. The van der Waals surface area contributed by atoms with E-state index in [1.54, 1.807) is 18.2 Å². The molecule has 6 rings (SSSR count). The number of hydrogen-bond acceptors (Lipinski definition) is 4. The fourth-order valence-electron chi connectivity index (χ4n) is 5.93. The summed E-state index contributed by atoms with van der Waals surface area (Å²) in [6.07, 6.45) is 5.81. The number of carbonyl (C=O) groups is 2. The summed E-state index contributed by atoms with van der Waals surface area (Å²) in [6, 6.07) is 7.04. The smallest absolute Gasteiger partial charge is 0.347 e. The van der Waals surface area contributed by atoms with Crippen LogP contribution in [-0.4, -0.2) is 28.6 Å². The van der Waals surface area contributed by atoms with E-state index in [9.17, 15) is 14.7 Å². The van der Waals surface area contributed by atoms with Gasteiger partial charge in [0.25, 0.3) is 0 Å². The minimum absolute atomic E-state index is 0.0359. The summed E-state index contributed by atoms with van der Waals surface area (Å²) >= 11 is 0. The first kappa shape index (κ1) is 14.6. The van der Waals surface area contributed by atoms with Gasteiger partial charge in [0.05, 0.1) is 0 Å². The molecule has 4 saturated carbocycles. The zero-order chi connectivity index (χ0) is 16.5. The van der Waals surface area contributed by atoms with Crippen LogP contribution in [0.15, 0.2) is 24.3 Å². The standard InChI is InChI=1S/C20H22O4/c21-18-16-4-2-1-3-13(16)10-20(18,23)19(22)24-17-14-6-11-5-12(8-14)9-15(17)7-11/h1-4,11-12,14-15,17,23H,5-10H2/t11?,12?,14?,15?,17?,20-/m0/s1. The Labute approximate surface area is 141 Å². The van der Waals surface area contributed by atoms with Crippen molar-refractivity contribution in [2.45, 2.75) is 50.2 Å². The number of fused-ring (bicyclic) bond motifs is 1. The molecule has 4 bridgehead atoms. The van der Waals surface area contributed by atoms with Crippen LogP contribution >= 0.6 is 0 Å². The minimum atomic E-state index is -2.03. The third kappa shape index (κ3) is 1.95. The van der Waals surface area contributed by atoms with Crippen molar-refractivity contribution in [1.29, 1.82) is 0 Å². The predicted molar refractivity (Wildman–Crippen MR) is 86.4 cm³/mol. The van der Waals surface area contributed by atoms with Gasteiger partial charge in [-0.15, -0.1) is 0 Å². The van der Waals surface area contributed by atoms with Gasteiger partial charge in [0.15, 0.2) is 0 Å². The molecule has 24 heavy (non-hydrogen) atoms. The molecule has 0 aliphatic heterocycles. The number of rotatable bonds is 2. The molecule has 0 unspecified atom stereocenters. The fraction of sp³-hybridized carbons (Fsp3) is 0.600. The van der Waals surface area contributed by atoms with Gasteiger partial charge in [-0.05, 0) is 61.3 Å². The van der Waals surface area contributed by atoms with Crippen molar-refractivity contribution in [3.8, 4) is 0 Å². The van der Waals surface area contributed by atoms with E-state index >= 15 is 0 Å².